The van der Waals surface area contributed by atoms with Crippen molar-refractivity contribution in [2.45, 2.75) is 44.2 Å². The Morgan fingerprint density at radius 1 is 1.26 bits per heavy atom. The van der Waals surface area contributed by atoms with Crippen molar-refractivity contribution in [2.24, 2.45) is 11.7 Å². The number of halogens is 3. The summed E-state index contributed by atoms with van der Waals surface area (Å²) in [5.41, 5.74) is 6.33. The topological polar surface area (TPSA) is 46.2 Å². The van der Waals surface area contributed by atoms with Crippen LogP contribution in [0.15, 0.2) is 18.2 Å². The fourth-order valence-corrected chi connectivity index (χ4v) is 2.88. The Kier molecular flexibility index (Phi) is 6.54. The van der Waals surface area contributed by atoms with Gasteiger partial charge in [-0.05, 0) is 30.9 Å². The highest BCUT2D eigenvalue weighted by Gasteiger charge is 2.28. The van der Waals surface area contributed by atoms with Gasteiger partial charge < -0.3 is 10.8 Å². The van der Waals surface area contributed by atoms with Crippen LogP contribution in [0, 0.1) is 11.7 Å². The van der Waals surface area contributed by atoms with E-state index in [4.69, 9.17) is 17.3 Å². The summed E-state index contributed by atoms with van der Waals surface area (Å²) >= 11 is 5.71. The van der Waals surface area contributed by atoms with Crippen molar-refractivity contribution in [3.8, 4) is 0 Å². The summed E-state index contributed by atoms with van der Waals surface area (Å²) in [4.78, 5) is 0. The standard InChI is InChI=1S/C14H19ClFNO.ClH/c15-10-6-7-11(12(16)8-10)13(17)14(18)9-4-2-1-3-5-9;/h6-9,13-14,18H,1-5,17H2;1H/t13-,14+;/m1./s1. The third-order valence-electron chi connectivity index (χ3n) is 3.82. The molecule has 5 heteroatoms. The molecule has 1 aromatic rings. The first kappa shape index (κ1) is 16.7. The van der Waals surface area contributed by atoms with Crippen molar-refractivity contribution < 1.29 is 9.50 Å². The molecule has 1 aliphatic rings. The minimum atomic E-state index is -0.680. The molecule has 1 saturated carbocycles. The molecule has 19 heavy (non-hydrogen) atoms. The summed E-state index contributed by atoms with van der Waals surface area (Å²) in [7, 11) is 0. The van der Waals surface area contributed by atoms with Crippen LogP contribution in [0.4, 0.5) is 4.39 Å². The zero-order valence-corrected chi connectivity index (χ0v) is 12.3. The van der Waals surface area contributed by atoms with E-state index in [1.807, 2.05) is 0 Å². The van der Waals surface area contributed by atoms with Gasteiger partial charge in [0.25, 0.3) is 0 Å². The second kappa shape index (κ2) is 7.44. The molecule has 0 bridgehead atoms. The molecule has 0 heterocycles. The number of hydrogen-bond donors (Lipinski definition) is 2. The van der Waals surface area contributed by atoms with Crippen molar-refractivity contribution in [3.05, 3.63) is 34.6 Å². The second-order valence-electron chi connectivity index (χ2n) is 5.08. The van der Waals surface area contributed by atoms with E-state index in [2.05, 4.69) is 0 Å². The van der Waals surface area contributed by atoms with E-state index in [1.54, 1.807) is 12.1 Å². The average Bonchev–Trinajstić information content (AvgIpc) is 2.38. The number of nitrogens with two attached hydrogens (primary N) is 1. The van der Waals surface area contributed by atoms with Crippen molar-refractivity contribution in [1.29, 1.82) is 0 Å². The highest BCUT2D eigenvalue weighted by molar-refractivity contribution is 6.30. The SMILES string of the molecule is Cl.N[C@H](c1ccc(Cl)cc1F)[C@@H](O)C1CCCCC1. The summed E-state index contributed by atoms with van der Waals surface area (Å²) in [5.74, 6) is -0.256. The van der Waals surface area contributed by atoms with Crippen LogP contribution >= 0.6 is 24.0 Å². The van der Waals surface area contributed by atoms with Gasteiger partial charge in [0, 0.05) is 10.6 Å². The van der Waals surface area contributed by atoms with Gasteiger partial charge in [0.15, 0.2) is 0 Å². The molecule has 2 atom stereocenters. The molecule has 2 rings (SSSR count). The molecule has 1 fully saturated rings. The molecule has 0 unspecified atom stereocenters. The first-order valence-electron chi connectivity index (χ1n) is 6.48. The zero-order chi connectivity index (χ0) is 13.1. The van der Waals surface area contributed by atoms with E-state index in [0.717, 1.165) is 25.7 Å². The maximum absolute atomic E-state index is 13.8. The van der Waals surface area contributed by atoms with Gasteiger partial charge in [-0.3, -0.25) is 0 Å². The zero-order valence-electron chi connectivity index (χ0n) is 10.7. The van der Waals surface area contributed by atoms with E-state index in [-0.39, 0.29) is 18.3 Å². The smallest absolute Gasteiger partial charge is 0.129 e. The van der Waals surface area contributed by atoms with Gasteiger partial charge in [-0.1, -0.05) is 36.9 Å². The summed E-state index contributed by atoms with van der Waals surface area (Å²) in [6.07, 6.45) is 4.73. The maximum atomic E-state index is 13.8. The van der Waals surface area contributed by atoms with Crippen LogP contribution in [0.5, 0.6) is 0 Å². The van der Waals surface area contributed by atoms with E-state index in [9.17, 15) is 9.50 Å². The van der Waals surface area contributed by atoms with E-state index < -0.39 is 18.0 Å². The Hall–Kier alpha value is -0.350. The molecule has 0 aromatic heterocycles. The monoisotopic (exact) mass is 307 g/mol. The van der Waals surface area contributed by atoms with E-state index in [1.165, 1.54) is 12.5 Å². The second-order valence-corrected chi connectivity index (χ2v) is 5.52. The largest absolute Gasteiger partial charge is 0.391 e. The summed E-state index contributed by atoms with van der Waals surface area (Å²) in [6, 6.07) is 3.73. The third kappa shape index (κ3) is 4.06. The molecule has 3 N–H and O–H groups in total. The number of aliphatic hydroxyl groups is 1. The molecule has 0 aliphatic heterocycles. The van der Waals surface area contributed by atoms with Gasteiger partial charge in [0.1, 0.15) is 5.82 Å². The molecule has 2 nitrogen and oxygen atoms in total. The van der Waals surface area contributed by atoms with Crippen LogP contribution in [0.1, 0.15) is 43.7 Å². The summed E-state index contributed by atoms with van der Waals surface area (Å²) in [5, 5.41) is 10.6. The molecule has 0 spiro atoms. The molecular formula is C14H20Cl2FNO. The Bertz CT molecular complexity index is 410. The lowest BCUT2D eigenvalue weighted by Gasteiger charge is -2.30. The van der Waals surface area contributed by atoms with Gasteiger partial charge >= 0.3 is 0 Å². The lowest BCUT2D eigenvalue weighted by atomic mass is 9.81. The van der Waals surface area contributed by atoms with Gasteiger partial charge in [-0.25, -0.2) is 4.39 Å². The fraction of sp³-hybridized carbons (Fsp3) is 0.571. The Morgan fingerprint density at radius 3 is 2.47 bits per heavy atom. The van der Waals surface area contributed by atoms with Crippen LogP contribution in [-0.2, 0) is 0 Å². The van der Waals surface area contributed by atoms with Crippen molar-refractivity contribution >= 4 is 24.0 Å². The van der Waals surface area contributed by atoms with Crippen molar-refractivity contribution in [1.82, 2.24) is 0 Å². The van der Waals surface area contributed by atoms with E-state index in [0.29, 0.717) is 10.6 Å². The lowest BCUT2D eigenvalue weighted by Crippen LogP contribution is -2.34. The molecule has 0 radical (unpaired) electrons. The number of aliphatic hydroxyl groups excluding tert-OH is 1. The van der Waals surface area contributed by atoms with Gasteiger partial charge in [-0.2, -0.15) is 0 Å². The number of rotatable bonds is 3. The van der Waals surface area contributed by atoms with Crippen LogP contribution in [0.2, 0.25) is 5.02 Å². The van der Waals surface area contributed by atoms with Crippen LogP contribution in [0.3, 0.4) is 0 Å². The predicted octanol–water partition coefficient (Wildman–Crippen LogP) is 3.84. The van der Waals surface area contributed by atoms with Gasteiger partial charge in [0.05, 0.1) is 12.1 Å². The van der Waals surface area contributed by atoms with E-state index >= 15 is 0 Å². The van der Waals surface area contributed by atoms with Crippen LogP contribution in [0.25, 0.3) is 0 Å². The molecule has 0 saturated heterocycles. The summed E-state index contributed by atoms with van der Waals surface area (Å²) in [6.45, 7) is 0. The Balaban J connectivity index is 0.00000180. The summed E-state index contributed by atoms with van der Waals surface area (Å²) < 4.78 is 13.8. The number of hydrogen-bond acceptors (Lipinski definition) is 2. The van der Waals surface area contributed by atoms with Crippen LogP contribution in [-0.4, -0.2) is 11.2 Å². The highest BCUT2D eigenvalue weighted by Crippen LogP contribution is 2.32. The van der Waals surface area contributed by atoms with Crippen molar-refractivity contribution in [2.75, 3.05) is 0 Å². The van der Waals surface area contributed by atoms with Gasteiger partial charge in [-0.15, -0.1) is 12.4 Å². The Labute approximate surface area is 124 Å². The molecular weight excluding hydrogens is 288 g/mol. The van der Waals surface area contributed by atoms with Crippen LogP contribution < -0.4 is 5.73 Å². The van der Waals surface area contributed by atoms with Gasteiger partial charge in [0.2, 0.25) is 0 Å². The Morgan fingerprint density at radius 2 is 1.89 bits per heavy atom. The predicted molar refractivity (Wildman–Crippen MR) is 78.2 cm³/mol. The molecule has 1 aliphatic carbocycles. The maximum Gasteiger partial charge on any atom is 0.129 e. The minimum absolute atomic E-state index is 0. The number of benzene rings is 1. The lowest BCUT2D eigenvalue weighted by molar-refractivity contribution is 0.0608. The first-order valence-corrected chi connectivity index (χ1v) is 6.86. The molecule has 108 valence electrons. The van der Waals surface area contributed by atoms with Crippen molar-refractivity contribution in [3.63, 3.8) is 0 Å². The third-order valence-corrected chi connectivity index (χ3v) is 4.06. The molecule has 0 amide bonds. The first-order chi connectivity index (χ1) is 8.59. The fourth-order valence-electron chi connectivity index (χ4n) is 2.72. The normalized spacial score (nSPS) is 19.6. The molecule has 1 aromatic carbocycles. The average molecular weight is 308 g/mol. The quantitative estimate of drug-likeness (QED) is 0.891. The highest BCUT2D eigenvalue weighted by atomic mass is 35.5. The minimum Gasteiger partial charge on any atom is -0.391 e.